The standard InChI is InChI=1S/C21H25FN8O2/c1-13-10-18(28-27-13)24-17-12-19(30-8-6-29(2)7-9-30)26-21(25-17)23-14-4-5-15(16(22)11-14)20(31)32-3/h4-5,10-12H,6-9H2,1-3H3,(H3,23,24,25,26,27,28). The molecule has 2 aromatic heterocycles. The fraction of sp³-hybridized carbons (Fsp3) is 0.333. The van der Waals surface area contributed by atoms with E-state index in [1.807, 2.05) is 19.1 Å². The summed E-state index contributed by atoms with van der Waals surface area (Å²) in [6.45, 7) is 5.42. The van der Waals surface area contributed by atoms with Gasteiger partial charge >= 0.3 is 5.97 Å². The van der Waals surface area contributed by atoms with Crippen molar-refractivity contribution in [3.8, 4) is 0 Å². The molecule has 1 fully saturated rings. The summed E-state index contributed by atoms with van der Waals surface area (Å²) in [7, 11) is 3.30. The highest BCUT2D eigenvalue weighted by Gasteiger charge is 2.18. The van der Waals surface area contributed by atoms with E-state index < -0.39 is 11.8 Å². The lowest BCUT2D eigenvalue weighted by Gasteiger charge is -2.33. The van der Waals surface area contributed by atoms with Gasteiger partial charge in [0.1, 0.15) is 17.5 Å². The Morgan fingerprint density at radius 1 is 1.09 bits per heavy atom. The first-order chi connectivity index (χ1) is 15.4. The number of halogens is 1. The fourth-order valence-electron chi connectivity index (χ4n) is 3.36. The van der Waals surface area contributed by atoms with Gasteiger partial charge in [0.05, 0.1) is 12.7 Å². The van der Waals surface area contributed by atoms with Crippen LogP contribution in [0.5, 0.6) is 0 Å². The summed E-state index contributed by atoms with van der Waals surface area (Å²) in [6, 6.07) is 7.88. The maximum Gasteiger partial charge on any atom is 0.340 e. The first-order valence-electron chi connectivity index (χ1n) is 10.2. The van der Waals surface area contributed by atoms with E-state index >= 15 is 0 Å². The predicted octanol–water partition coefficient (Wildman–Crippen LogP) is 2.67. The Labute approximate surface area is 184 Å². The van der Waals surface area contributed by atoms with E-state index in [4.69, 9.17) is 0 Å². The van der Waals surface area contributed by atoms with Crippen molar-refractivity contribution in [3.05, 3.63) is 47.4 Å². The molecule has 1 aliphatic rings. The molecule has 0 atom stereocenters. The Hall–Kier alpha value is -3.73. The molecule has 32 heavy (non-hydrogen) atoms. The number of anilines is 5. The minimum Gasteiger partial charge on any atom is -0.465 e. The van der Waals surface area contributed by atoms with E-state index in [0.717, 1.165) is 37.7 Å². The van der Waals surface area contributed by atoms with Crippen molar-refractivity contribution < 1.29 is 13.9 Å². The summed E-state index contributed by atoms with van der Waals surface area (Å²) >= 11 is 0. The van der Waals surface area contributed by atoms with Crippen LogP contribution in [0.3, 0.4) is 0 Å². The Balaban J connectivity index is 1.62. The van der Waals surface area contributed by atoms with Crippen molar-refractivity contribution in [1.29, 1.82) is 0 Å². The van der Waals surface area contributed by atoms with Crippen LogP contribution in [0.25, 0.3) is 0 Å². The number of H-pyrrole nitrogens is 1. The van der Waals surface area contributed by atoms with Crippen LogP contribution >= 0.6 is 0 Å². The van der Waals surface area contributed by atoms with Gasteiger partial charge in [-0.15, -0.1) is 0 Å². The van der Waals surface area contributed by atoms with E-state index in [2.05, 4.69) is 52.4 Å². The molecule has 0 unspecified atom stereocenters. The molecule has 1 aromatic carbocycles. The molecule has 0 spiro atoms. The zero-order valence-electron chi connectivity index (χ0n) is 18.1. The van der Waals surface area contributed by atoms with E-state index in [0.29, 0.717) is 23.3 Å². The van der Waals surface area contributed by atoms with Gasteiger partial charge in [0.2, 0.25) is 5.95 Å². The maximum absolute atomic E-state index is 14.3. The molecule has 4 rings (SSSR count). The maximum atomic E-state index is 14.3. The SMILES string of the molecule is COC(=O)c1ccc(Nc2nc(Nc3cc(C)[nH]n3)cc(N3CCN(C)CC3)n2)cc1F. The summed E-state index contributed by atoms with van der Waals surface area (Å²) in [5.41, 5.74) is 1.19. The van der Waals surface area contributed by atoms with E-state index in [1.54, 1.807) is 6.07 Å². The molecule has 0 bridgehead atoms. The number of aryl methyl sites for hydroxylation is 1. The fourth-order valence-corrected chi connectivity index (χ4v) is 3.36. The number of aromatic nitrogens is 4. The number of hydrogen-bond acceptors (Lipinski definition) is 9. The first kappa shape index (κ1) is 21.5. The number of ether oxygens (including phenoxy) is 1. The van der Waals surface area contributed by atoms with Gasteiger partial charge < -0.3 is 25.2 Å². The highest BCUT2D eigenvalue weighted by molar-refractivity contribution is 5.90. The molecule has 168 valence electrons. The van der Waals surface area contributed by atoms with Crippen molar-refractivity contribution >= 4 is 35.1 Å². The number of carbonyl (C=O) groups is 1. The quantitative estimate of drug-likeness (QED) is 0.498. The van der Waals surface area contributed by atoms with Crippen LogP contribution in [0.1, 0.15) is 16.1 Å². The topological polar surface area (TPSA) is 111 Å². The normalized spacial score (nSPS) is 14.3. The van der Waals surface area contributed by atoms with Gasteiger partial charge in [-0.05, 0) is 32.2 Å². The number of hydrogen-bond donors (Lipinski definition) is 3. The van der Waals surface area contributed by atoms with Crippen molar-refractivity contribution in [1.82, 2.24) is 25.1 Å². The average Bonchev–Trinajstić information content (AvgIpc) is 3.18. The van der Waals surface area contributed by atoms with E-state index in [1.165, 1.54) is 19.2 Å². The highest BCUT2D eigenvalue weighted by atomic mass is 19.1. The Morgan fingerprint density at radius 2 is 1.88 bits per heavy atom. The summed E-state index contributed by atoms with van der Waals surface area (Å²) in [6.07, 6.45) is 0. The van der Waals surface area contributed by atoms with Crippen LogP contribution in [0.4, 0.5) is 33.5 Å². The van der Waals surface area contributed by atoms with Gasteiger partial charge in [-0.3, -0.25) is 5.10 Å². The number of nitrogens with one attached hydrogen (secondary N) is 3. The third-order valence-electron chi connectivity index (χ3n) is 5.13. The Morgan fingerprint density at radius 3 is 2.53 bits per heavy atom. The van der Waals surface area contributed by atoms with Crippen molar-refractivity contribution in [2.45, 2.75) is 6.92 Å². The second-order valence-electron chi connectivity index (χ2n) is 7.60. The molecular weight excluding hydrogens is 415 g/mol. The van der Waals surface area contributed by atoms with Crippen LogP contribution in [-0.2, 0) is 4.74 Å². The van der Waals surface area contributed by atoms with Gasteiger partial charge in [0.15, 0.2) is 5.82 Å². The monoisotopic (exact) mass is 440 g/mol. The minimum atomic E-state index is -0.733. The number of likely N-dealkylation sites (N-methyl/N-ethyl adjacent to an activating group) is 1. The average molecular weight is 440 g/mol. The van der Waals surface area contributed by atoms with Crippen LogP contribution < -0.4 is 15.5 Å². The summed E-state index contributed by atoms with van der Waals surface area (Å²) in [4.78, 5) is 25.2. The molecule has 0 radical (unpaired) electrons. The zero-order chi connectivity index (χ0) is 22.7. The molecule has 11 heteroatoms. The summed E-state index contributed by atoms with van der Waals surface area (Å²) in [5, 5.41) is 13.3. The summed E-state index contributed by atoms with van der Waals surface area (Å²) in [5.74, 6) is 0.795. The predicted molar refractivity (Wildman–Crippen MR) is 119 cm³/mol. The third kappa shape index (κ3) is 4.94. The summed E-state index contributed by atoms with van der Waals surface area (Å²) < 4.78 is 18.9. The van der Waals surface area contributed by atoms with Gasteiger partial charge in [-0.25, -0.2) is 9.18 Å². The molecule has 3 N–H and O–H groups in total. The lowest BCUT2D eigenvalue weighted by atomic mass is 10.2. The number of esters is 1. The molecule has 3 aromatic rings. The van der Waals surface area contributed by atoms with Gasteiger partial charge in [-0.2, -0.15) is 15.1 Å². The van der Waals surface area contributed by atoms with Crippen LogP contribution in [-0.4, -0.2) is 71.4 Å². The molecule has 0 amide bonds. The van der Waals surface area contributed by atoms with Gasteiger partial charge in [0, 0.05) is 49.7 Å². The smallest absolute Gasteiger partial charge is 0.340 e. The number of benzene rings is 1. The molecule has 0 aliphatic carbocycles. The molecule has 3 heterocycles. The van der Waals surface area contributed by atoms with Crippen molar-refractivity contribution in [2.24, 2.45) is 0 Å². The number of carbonyl (C=O) groups excluding carboxylic acids is 1. The van der Waals surface area contributed by atoms with Crippen molar-refractivity contribution in [3.63, 3.8) is 0 Å². The van der Waals surface area contributed by atoms with Crippen molar-refractivity contribution in [2.75, 3.05) is 55.9 Å². The van der Waals surface area contributed by atoms with Crippen LogP contribution in [0.2, 0.25) is 0 Å². The Bertz CT molecular complexity index is 1110. The molecule has 1 aliphatic heterocycles. The lowest BCUT2D eigenvalue weighted by molar-refractivity contribution is 0.0595. The Kier molecular flexibility index (Phi) is 6.17. The highest BCUT2D eigenvalue weighted by Crippen LogP contribution is 2.25. The number of rotatable bonds is 6. The number of aromatic amines is 1. The zero-order valence-corrected chi connectivity index (χ0v) is 18.1. The number of nitrogens with zero attached hydrogens (tertiary/aromatic N) is 5. The number of piperazine rings is 1. The first-order valence-corrected chi connectivity index (χ1v) is 10.2. The third-order valence-corrected chi connectivity index (χ3v) is 5.13. The molecule has 10 nitrogen and oxygen atoms in total. The van der Waals surface area contributed by atoms with Gasteiger partial charge in [0.25, 0.3) is 0 Å². The second-order valence-corrected chi connectivity index (χ2v) is 7.60. The number of methoxy groups -OCH3 is 1. The van der Waals surface area contributed by atoms with E-state index in [-0.39, 0.29) is 5.56 Å². The molecular formula is C21H25FN8O2. The van der Waals surface area contributed by atoms with Crippen LogP contribution in [0, 0.1) is 12.7 Å². The lowest BCUT2D eigenvalue weighted by Crippen LogP contribution is -2.44. The largest absolute Gasteiger partial charge is 0.465 e. The van der Waals surface area contributed by atoms with E-state index in [9.17, 15) is 9.18 Å². The minimum absolute atomic E-state index is 0.138. The van der Waals surface area contributed by atoms with Crippen LogP contribution in [0.15, 0.2) is 30.3 Å². The molecule has 0 saturated carbocycles. The molecule has 1 saturated heterocycles. The van der Waals surface area contributed by atoms with Gasteiger partial charge in [-0.1, -0.05) is 0 Å². The second kappa shape index (κ2) is 9.18.